The van der Waals surface area contributed by atoms with Gasteiger partial charge in [0.15, 0.2) is 0 Å². The van der Waals surface area contributed by atoms with E-state index in [1.807, 2.05) is 6.92 Å². The van der Waals surface area contributed by atoms with Gasteiger partial charge in [-0.25, -0.2) is 0 Å². The second kappa shape index (κ2) is 10.9. The first-order valence-electron chi connectivity index (χ1n) is 5.54. The molecule has 0 aromatic carbocycles. The van der Waals surface area contributed by atoms with E-state index >= 15 is 0 Å². The molecule has 0 spiro atoms. The summed E-state index contributed by atoms with van der Waals surface area (Å²) >= 11 is 0. The monoisotopic (exact) mass is 262 g/mol. The summed E-state index contributed by atoms with van der Waals surface area (Å²) < 4.78 is 10.8. The van der Waals surface area contributed by atoms with Crippen molar-refractivity contribution in [1.29, 1.82) is 0 Å². The topological polar surface area (TPSA) is 57.5 Å². The number of hydrogen-bond donors (Lipinski definition) is 2. The molecule has 0 aromatic rings. The van der Waals surface area contributed by atoms with E-state index in [4.69, 9.17) is 9.79 Å². The van der Waals surface area contributed by atoms with Crippen LogP contribution in [0.1, 0.15) is 53.8 Å². The maximum Gasteiger partial charge on any atom is 1.00 e. The Morgan fingerprint density at radius 3 is 2.20 bits per heavy atom. The Hall–Kier alpha value is 1.79. The Bertz CT molecular complexity index is 187. The molecule has 0 radical (unpaired) electrons. The van der Waals surface area contributed by atoms with Crippen LogP contribution in [-0.2, 0) is 4.57 Å². The molecular formula is C10H24KO3P. The molecule has 0 aliphatic rings. The van der Waals surface area contributed by atoms with Crippen LogP contribution in [0.5, 0.6) is 0 Å². The molecule has 0 bridgehead atoms. The van der Waals surface area contributed by atoms with Crippen LogP contribution in [0.15, 0.2) is 0 Å². The van der Waals surface area contributed by atoms with Gasteiger partial charge < -0.3 is 11.2 Å². The van der Waals surface area contributed by atoms with Crippen LogP contribution in [0, 0.1) is 5.92 Å². The summed E-state index contributed by atoms with van der Waals surface area (Å²) in [5, 5.41) is 0. The van der Waals surface area contributed by atoms with E-state index < -0.39 is 7.60 Å². The van der Waals surface area contributed by atoms with E-state index in [2.05, 4.69) is 6.92 Å². The van der Waals surface area contributed by atoms with Crippen LogP contribution < -0.4 is 51.4 Å². The van der Waals surface area contributed by atoms with Gasteiger partial charge >= 0.3 is 59.0 Å². The molecular weight excluding hydrogens is 238 g/mol. The van der Waals surface area contributed by atoms with Crippen molar-refractivity contribution in [1.82, 2.24) is 0 Å². The molecule has 0 aromatic heterocycles. The molecule has 1 atom stereocenters. The minimum atomic E-state index is -3.79. The summed E-state index contributed by atoms with van der Waals surface area (Å²) in [5.41, 5.74) is 0. The second-order valence-electron chi connectivity index (χ2n) is 3.97. The van der Waals surface area contributed by atoms with Crippen molar-refractivity contribution in [2.24, 2.45) is 5.92 Å². The maximum atomic E-state index is 10.8. The first kappa shape index (κ1) is 19.1. The van der Waals surface area contributed by atoms with Gasteiger partial charge in [0.05, 0.1) is 6.16 Å². The molecule has 0 rings (SSSR count). The van der Waals surface area contributed by atoms with Crippen molar-refractivity contribution in [2.45, 2.75) is 52.4 Å². The van der Waals surface area contributed by atoms with E-state index in [-0.39, 0.29) is 64.9 Å². The van der Waals surface area contributed by atoms with Crippen molar-refractivity contribution in [3.05, 3.63) is 0 Å². The average molecular weight is 262 g/mol. The molecule has 88 valence electrons. The first-order chi connectivity index (χ1) is 6.49. The molecule has 0 saturated heterocycles. The second-order valence-corrected chi connectivity index (χ2v) is 5.67. The van der Waals surface area contributed by atoms with Crippen LogP contribution >= 0.6 is 7.60 Å². The fraction of sp³-hybridized carbons (Fsp3) is 1.00. The van der Waals surface area contributed by atoms with Crippen LogP contribution in [0.4, 0.5) is 0 Å². The quantitative estimate of drug-likeness (QED) is 0.375. The predicted molar refractivity (Wildman–Crippen MR) is 60.6 cm³/mol. The summed E-state index contributed by atoms with van der Waals surface area (Å²) in [4.78, 5) is 17.7. The minimum absolute atomic E-state index is 0. The summed E-state index contributed by atoms with van der Waals surface area (Å²) in [6.07, 6.45) is 6.62. The van der Waals surface area contributed by atoms with Gasteiger partial charge in [-0.15, -0.1) is 0 Å². The first-order valence-corrected chi connectivity index (χ1v) is 7.34. The van der Waals surface area contributed by atoms with Gasteiger partial charge in [0.1, 0.15) is 0 Å². The molecule has 0 fully saturated rings. The van der Waals surface area contributed by atoms with Gasteiger partial charge in [-0.1, -0.05) is 46.0 Å². The molecule has 3 nitrogen and oxygen atoms in total. The zero-order valence-electron chi connectivity index (χ0n) is 11.3. The third-order valence-electron chi connectivity index (χ3n) is 2.54. The minimum Gasteiger partial charge on any atom is -1.00 e. The fourth-order valence-electron chi connectivity index (χ4n) is 1.62. The Labute approximate surface area is 137 Å². The Kier molecular flexibility index (Phi) is 13.9. The smallest absolute Gasteiger partial charge is 1.00 e. The van der Waals surface area contributed by atoms with Crippen molar-refractivity contribution >= 4 is 7.60 Å². The number of rotatable bonds is 8. The van der Waals surface area contributed by atoms with Gasteiger partial charge in [0.2, 0.25) is 0 Å². The molecule has 0 amide bonds. The van der Waals surface area contributed by atoms with Crippen LogP contribution in [0.3, 0.4) is 0 Å². The van der Waals surface area contributed by atoms with Gasteiger partial charge in [-0.05, 0) is 12.3 Å². The van der Waals surface area contributed by atoms with E-state index in [1.165, 1.54) is 19.3 Å². The van der Waals surface area contributed by atoms with Crippen molar-refractivity contribution in [2.75, 3.05) is 6.16 Å². The summed E-state index contributed by atoms with van der Waals surface area (Å²) in [6.45, 7) is 4.16. The van der Waals surface area contributed by atoms with Gasteiger partial charge in [0.25, 0.3) is 0 Å². The van der Waals surface area contributed by atoms with E-state index in [9.17, 15) is 4.57 Å². The molecule has 1 unspecified atom stereocenters. The number of hydrogen-bond acceptors (Lipinski definition) is 1. The predicted octanol–water partition coefficient (Wildman–Crippen LogP) is 0.277. The third-order valence-corrected chi connectivity index (χ3v) is 3.53. The molecule has 0 saturated carbocycles. The van der Waals surface area contributed by atoms with Gasteiger partial charge in [-0.3, -0.25) is 4.57 Å². The third kappa shape index (κ3) is 13.7. The summed E-state index contributed by atoms with van der Waals surface area (Å²) in [7, 11) is -3.79. The molecule has 0 heterocycles. The maximum absolute atomic E-state index is 10.8. The van der Waals surface area contributed by atoms with E-state index in [0.29, 0.717) is 0 Å². The van der Waals surface area contributed by atoms with Crippen molar-refractivity contribution in [3.8, 4) is 0 Å². The van der Waals surface area contributed by atoms with Gasteiger partial charge in [0, 0.05) is 0 Å². The fourth-order valence-corrected chi connectivity index (χ4v) is 2.73. The van der Waals surface area contributed by atoms with Crippen LogP contribution in [0.2, 0.25) is 0 Å². The van der Waals surface area contributed by atoms with Crippen molar-refractivity contribution < 1.29 is 67.2 Å². The summed E-state index contributed by atoms with van der Waals surface area (Å²) in [5.74, 6) is 0.202. The molecule has 0 aliphatic heterocycles. The van der Waals surface area contributed by atoms with Gasteiger partial charge in [-0.2, -0.15) is 0 Å². The normalized spacial score (nSPS) is 13.3. The molecule has 0 aliphatic carbocycles. The van der Waals surface area contributed by atoms with Crippen LogP contribution in [-0.4, -0.2) is 15.9 Å². The van der Waals surface area contributed by atoms with Crippen molar-refractivity contribution in [3.63, 3.8) is 0 Å². The SMILES string of the molecule is CCCCCCC(CC)CP(=O)(O)O.[H-].[K+]. The molecule has 5 heteroatoms. The zero-order valence-corrected chi connectivity index (χ0v) is 14.3. The van der Waals surface area contributed by atoms with E-state index in [1.54, 1.807) is 0 Å². The number of unbranched alkanes of at least 4 members (excludes halogenated alkanes) is 3. The largest absolute Gasteiger partial charge is 1.00 e. The molecule has 15 heavy (non-hydrogen) atoms. The Morgan fingerprint density at radius 1 is 1.20 bits per heavy atom. The standard InChI is InChI=1S/C10H23O3P.K.H/c1-3-5-6-7-8-10(4-2)9-14(11,12)13;;/h10H,3-9H2,1-2H3,(H2,11,12,13);;/q;+1;-1. The zero-order chi connectivity index (χ0) is 11.0. The average Bonchev–Trinajstić information content (AvgIpc) is 2.08. The Morgan fingerprint density at radius 2 is 1.80 bits per heavy atom. The van der Waals surface area contributed by atoms with Crippen LogP contribution in [0.25, 0.3) is 0 Å². The summed E-state index contributed by atoms with van der Waals surface area (Å²) in [6, 6.07) is 0. The van der Waals surface area contributed by atoms with E-state index in [0.717, 1.165) is 19.3 Å². The molecule has 2 N–H and O–H groups in total. The Balaban J connectivity index is -0.000000845.